The maximum atomic E-state index is 11.5. The molecule has 94 valence electrons. The highest BCUT2D eigenvalue weighted by Gasteiger charge is 2.14. The van der Waals surface area contributed by atoms with Crippen molar-refractivity contribution in [3.05, 3.63) is 28.6 Å². The molecule has 1 aromatic carbocycles. The van der Waals surface area contributed by atoms with Gasteiger partial charge in [-0.15, -0.1) is 0 Å². The number of aromatic hydroxyl groups is 1. The van der Waals surface area contributed by atoms with Crippen LogP contribution in [0, 0.1) is 0 Å². The van der Waals surface area contributed by atoms with E-state index in [1.54, 1.807) is 0 Å². The number of methoxy groups -OCH3 is 1. The Morgan fingerprint density at radius 2 is 2.17 bits per heavy atom. The highest BCUT2D eigenvalue weighted by molar-refractivity contribution is 5.86. The van der Waals surface area contributed by atoms with Crippen LogP contribution < -0.4 is 20.8 Å². The quantitative estimate of drug-likeness (QED) is 0.769. The lowest BCUT2D eigenvalue weighted by Crippen LogP contribution is -2.20. The number of benzene rings is 1. The molecule has 18 heavy (non-hydrogen) atoms. The SMILES string of the molecule is COc1c(O)ccc2cc(OC(N)=O)c(=O)oc12. The zero-order valence-electron chi connectivity index (χ0n) is 9.30. The number of hydrogen-bond acceptors (Lipinski definition) is 6. The normalized spacial score (nSPS) is 10.3. The van der Waals surface area contributed by atoms with Gasteiger partial charge in [0.15, 0.2) is 11.3 Å². The van der Waals surface area contributed by atoms with Crippen LogP contribution in [0.5, 0.6) is 17.2 Å². The Balaban J connectivity index is 2.71. The molecule has 1 aromatic heterocycles. The fraction of sp³-hybridized carbons (Fsp3) is 0.0909. The lowest BCUT2D eigenvalue weighted by atomic mass is 10.2. The lowest BCUT2D eigenvalue weighted by molar-refractivity contribution is 0.209. The lowest BCUT2D eigenvalue weighted by Gasteiger charge is -2.07. The van der Waals surface area contributed by atoms with Crippen molar-refractivity contribution >= 4 is 17.1 Å². The fourth-order valence-electron chi connectivity index (χ4n) is 1.51. The third-order valence-corrected chi connectivity index (χ3v) is 2.22. The molecule has 0 spiro atoms. The smallest absolute Gasteiger partial charge is 0.410 e. The van der Waals surface area contributed by atoms with Crippen molar-refractivity contribution in [2.75, 3.05) is 7.11 Å². The molecule has 0 aliphatic rings. The Labute approximate surface area is 100 Å². The molecule has 0 fully saturated rings. The van der Waals surface area contributed by atoms with Gasteiger partial charge in [-0.2, -0.15) is 0 Å². The Bertz CT molecular complexity index is 675. The molecule has 0 saturated heterocycles. The van der Waals surface area contributed by atoms with Gasteiger partial charge in [0.05, 0.1) is 7.11 Å². The van der Waals surface area contributed by atoms with Crippen molar-refractivity contribution in [2.45, 2.75) is 0 Å². The van der Waals surface area contributed by atoms with Gasteiger partial charge in [0.1, 0.15) is 0 Å². The first-order chi connectivity index (χ1) is 8.52. The molecular weight excluding hydrogens is 242 g/mol. The summed E-state index contributed by atoms with van der Waals surface area (Å²) in [7, 11) is 1.32. The highest BCUT2D eigenvalue weighted by atomic mass is 16.6. The van der Waals surface area contributed by atoms with Crippen molar-refractivity contribution in [1.82, 2.24) is 0 Å². The second kappa shape index (κ2) is 4.28. The van der Waals surface area contributed by atoms with Crippen molar-refractivity contribution in [3.63, 3.8) is 0 Å². The molecule has 1 heterocycles. The van der Waals surface area contributed by atoms with E-state index in [2.05, 4.69) is 4.74 Å². The number of carbonyl (C=O) groups excluding carboxylic acids is 1. The molecule has 7 heteroatoms. The molecule has 3 N–H and O–H groups in total. The predicted octanol–water partition coefficient (Wildman–Crippen LogP) is 0.965. The van der Waals surface area contributed by atoms with Gasteiger partial charge in [0, 0.05) is 5.39 Å². The summed E-state index contributed by atoms with van der Waals surface area (Å²) in [5.74, 6) is -0.477. The average Bonchev–Trinajstić information content (AvgIpc) is 2.30. The minimum atomic E-state index is -1.12. The number of rotatable bonds is 2. The molecule has 2 aromatic rings. The fourth-order valence-corrected chi connectivity index (χ4v) is 1.51. The van der Waals surface area contributed by atoms with Crippen molar-refractivity contribution < 1.29 is 23.8 Å². The van der Waals surface area contributed by atoms with Gasteiger partial charge in [0.2, 0.25) is 11.5 Å². The first-order valence-corrected chi connectivity index (χ1v) is 4.84. The standard InChI is InChI=1S/C11H9NO6/c1-16-9-6(13)3-2-5-4-7(17-11(12)15)10(14)18-8(5)9/h2-4,13H,1H3,(H2,12,15). The van der Waals surface area contributed by atoms with Crippen LogP contribution in [0.25, 0.3) is 11.0 Å². The number of carbonyl (C=O) groups is 1. The maximum absolute atomic E-state index is 11.5. The van der Waals surface area contributed by atoms with Gasteiger partial charge in [-0.1, -0.05) is 0 Å². The van der Waals surface area contributed by atoms with Crippen molar-refractivity contribution in [1.29, 1.82) is 0 Å². The molecule has 2 rings (SSSR count). The number of phenolic OH excluding ortho intramolecular Hbond substituents is 1. The molecular formula is C11H9NO6. The van der Waals surface area contributed by atoms with Gasteiger partial charge in [-0.25, -0.2) is 9.59 Å². The zero-order chi connectivity index (χ0) is 13.3. The van der Waals surface area contributed by atoms with Crippen LogP contribution in [-0.2, 0) is 0 Å². The number of amides is 1. The predicted molar refractivity (Wildman–Crippen MR) is 60.9 cm³/mol. The van der Waals surface area contributed by atoms with Crippen LogP contribution in [0.1, 0.15) is 0 Å². The Morgan fingerprint density at radius 3 is 2.78 bits per heavy atom. The second-order valence-electron chi connectivity index (χ2n) is 3.36. The number of ether oxygens (including phenoxy) is 2. The topological polar surface area (TPSA) is 112 Å². The summed E-state index contributed by atoms with van der Waals surface area (Å²) >= 11 is 0. The first kappa shape index (κ1) is 11.8. The molecule has 7 nitrogen and oxygen atoms in total. The Kier molecular flexibility index (Phi) is 2.80. The molecule has 0 bridgehead atoms. The summed E-state index contributed by atoms with van der Waals surface area (Å²) < 4.78 is 14.3. The number of hydrogen-bond donors (Lipinski definition) is 2. The third-order valence-electron chi connectivity index (χ3n) is 2.22. The van der Waals surface area contributed by atoms with E-state index in [4.69, 9.17) is 14.9 Å². The second-order valence-corrected chi connectivity index (χ2v) is 3.36. The zero-order valence-corrected chi connectivity index (χ0v) is 9.30. The van der Waals surface area contributed by atoms with E-state index in [1.807, 2.05) is 0 Å². The van der Waals surface area contributed by atoms with Gasteiger partial charge in [-0.05, 0) is 18.2 Å². The highest BCUT2D eigenvalue weighted by Crippen LogP contribution is 2.34. The summed E-state index contributed by atoms with van der Waals surface area (Å²) in [4.78, 5) is 22.1. The minimum Gasteiger partial charge on any atom is -0.504 e. The third kappa shape index (κ3) is 1.93. The molecule has 0 unspecified atom stereocenters. The van der Waals surface area contributed by atoms with Gasteiger partial charge in [0.25, 0.3) is 0 Å². The Hall–Kier alpha value is -2.70. The summed E-state index contributed by atoms with van der Waals surface area (Å²) in [5, 5.41) is 9.94. The molecule has 1 amide bonds. The van der Waals surface area contributed by atoms with Gasteiger partial charge in [-0.3, -0.25) is 0 Å². The average molecular weight is 251 g/mol. The van der Waals surface area contributed by atoms with Crippen LogP contribution >= 0.6 is 0 Å². The molecule has 0 radical (unpaired) electrons. The summed E-state index contributed by atoms with van der Waals surface area (Å²) in [6.07, 6.45) is -1.12. The summed E-state index contributed by atoms with van der Waals surface area (Å²) in [6, 6.07) is 4.10. The van der Waals surface area contributed by atoms with E-state index in [1.165, 1.54) is 25.3 Å². The van der Waals surface area contributed by atoms with Crippen molar-refractivity contribution in [2.24, 2.45) is 5.73 Å². The maximum Gasteiger partial charge on any atom is 0.410 e. The number of phenols is 1. The van der Waals surface area contributed by atoms with E-state index in [0.29, 0.717) is 5.39 Å². The van der Waals surface area contributed by atoms with E-state index in [-0.39, 0.29) is 22.8 Å². The molecule has 0 aliphatic carbocycles. The van der Waals surface area contributed by atoms with Crippen LogP contribution in [0.4, 0.5) is 4.79 Å². The van der Waals surface area contributed by atoms with E-state index >= 15 is 0 Å². The largest absolute Gasteiger partial charge is 0.504 e. The minimum absolute atomic E-state index is 0.0234. The van der Waals surface area contributed by atoms with Gasteiger partial charge < -0.3 is 24.7 Å². The number of fused-ring (bicyclic) bond motifs is 1. The number of nitrogens with two attached hydrogens (primary N) is 1. The summed E-state index contributed by atoms with van der Waals surface area (Å²) in [6.45, 7) is 0. The van der Waals surface area contributed by atoms with Crippen LogP contribution in [0.3, 0.4) is 0 Å². The first-order valence-electron chi connectivity index (χ1n) is 4.84. The van der Waals surface area contributed by atoms with Crippen LogP contribution in [-0.4, -0.2) is 18.3 Å². The summed E-state index contributed by atoms with van der Waals surface area (Å²) in [5.41, 5.74) is 3.97. The van der Waals surface area contributed by atoms with E-state index in [9.17, 15) is 14.7 Å². The van der Waals surface area contributed by atoms with Crippen LogP contribution in [0.15, 0.2) is 27.4 Å². The Morgan fingerprint density at radius 1 is 1.44 bits per heavy atom. The van der Waals surface area contributed by atoms with Gasteiger partial charge >= 0.3 is 11.7 Å². The van der Waals surface area contributed by atoms with E-state index in [0.717, 1.165) is 0 Å². The molecule has 0 saturated carbocycles. The van der Waals surface area contributed by atoms with E-state index < -0.39 is 11.7 Å². The van der Waals surface area contributed by atoms with Crippen molar-refractivity contribution in [3.8, 4) is 17.2 Å². The molecule has 0 atom stereocenters. The molecule has 0 aliphatic heterocycles. The number of primary amides is 1. The monoisotopic (exact) mass is 251 g/mol. The van der Waals surface area contributed by atoms with Crippen LogP contribution in [0.2, 0.25) is 0 Å².